The lowest BCUT2D eigenvalue weighted by molar-refractivity contribution is 0.753. The number of imidazole rings is 1. The first-order valence-electron chi connectivity index (χ1n) is 7.41. The van der Waals surface area contributed by atoms with Crippen molar-refractivity contribution in [2.24, 2.45) is 0 Å². The summed E-state index contributed by atoms with van der Waals surface area (Å²) < 4.78 is 3.70. The van der Waals surface area contributed by atoms with Crippen LogP contribution >= 0.6 is 11.3 Å². The van der Waals surface area contributed by atoms with E-state index in [9.17, 15) is 4.79 Å². The molecule has 0 amide bonds. The third-order valence-electron chi connectivity index (χ3n) is 3.75. The fraction of sp³-hybridized carbons (Fsp3) is 0.188. The number of aryl methyl sites for hydroxylation is 1. The molecule has 0 aliphatic carbocycles. The fourth-order valence-electron chi connectivity index (χ4n) is 2.66. The van der Waals surface area contributed by atoms with Gasteiger partial charge in [0.05, 0.1) is 23.3 Å². The molecule has 0 saturated carbocycles. The summed E-state index contributed by atoms with van der Waals surface area (Å²) in [6.07, 6.45) is 3.92. The minimum atomic E-state index is -0.104. The molecule has 0 atom stereocenters. The van der Waals surface area contributed by atoms with Crippen molar-refractivity contribution in [3.05, 3.63) is 58.1 Å². The summed E-state index contributed by atoms with van der Waals surface area (Å²) in [5, 5.41) is 5.12. The monoisotopic (exact) mass is 325 g/mol. The lowest BCUT2D eigenvalue weighted by Gasteiger charge is -2.10. The van der Waals surface area contributed by atoms with Crippen molar-refractivity contribution in [3.8, 4) is 0 Å². The van der Waals surface area contributed by atoms with Gasteiger partial charge in [0.2, 0.25) is 0 Å². The van der Waals surface area contributed by atoms with Crippen molar-refractivity contribution in [3.63, 3.8) is 0 Å². The summed E-state index contributed by atoms with van der Waals surface area (Å²) in [5.74, 6) is 0.363. The molecular weight excluding hydrogens is 310 g/mol. The third-order valence-corrected chi connectivity index (χ3v) is 4.52. The topological polar surface area (TPSA) is 64.2 Å². The predicted octanol–water partition coefficient (Wildman–Crippen LogP) is 2.74. The van der Waals surface area contributed by atoms with Gasteiger partial charge in [-0.3, -0.25) is 9.20 Å². The smallest absolute Gasteiger partial charge is 0.293 e. The van der Waals surface area contributed by atoms with Gasteiger partial charge in [-0.05, 0) is 19.1 Å². The van der Waals surface area contributed by atoms with Crippen LogP contribution < -0.4 is 10.9 Å². The Labute approximate surface area is 136 Å². The number of benzene rings is 1. The Bertz CT molecular complexity index is 1020. The zero-order valence-corrected chi connectivity index (χ0v) is 13.4. The van der Waals surface area contributed by atoms with Gasteiger partial charge in [0.15, 0.2) is 10.8 Å². The van der Waals surface area contributed by atoms with Gasteiger partial charge in [-0.15, -0.1) is 11.3 Å². The summed E-state index contributed by atoms with van der Waals surface area (Å²) in [7, 11) is 0. The van der Waals surface area contributed by atoms with Crippen LogP contribution in [0, 0.1) is 0 Å². The molecule has 3 aromatic heterocycles. The molecule has 116 valence electrons. The minimum absolute atomic E-state index is 0.104. The summed E-state index contributed by atoms with van der Waals surface area (Å²) in [6, 6.07) is 7.67. The Kier molecular flexibility index (Phi) is 3.34. The molecule has 6 nitrogen and oxygen atoms in total. The van der Waals surface area contributed by atoms with Crippen LogP contribution in [0.25, 0.3) is 16.0 Å². The van der Waals surface area contributed by atoms with Crippen LogP contribution in [0.15, 0.2) is 46.8 Å². The van der Waals surface area contributed by atoms with E-state index >= 15 is 0 Å². The van der Waals surface area contributed by atoms with Crippen molar-refractivity contribution in [2.75, 3.05) is 5.32 Å². The minimum Gasteiger partial charge on any atom is -0.360 e. The number of hydrogen-bond donors (Lipinski definition) is 1. The van der Waals surface area contributed by atoms with E-state index in [-0.39, 0.29) is 5.56 Å². The van der Waals surface area contributed by atoms with Crippen LogP contribution in [0.5, 0.6) is 0 Å². The average molecular weight is 325 g/mol. The van der Waals surface area contributed by atoms with E-state index in [1.165, 1.54) is 0 Å². The Morgan fingerprint density at radius 1 is 1.26 bits per heavy atom. The van der Waals surface area contributed by atoms with Gasteiger partial charge < -0.3 is 9.88 Å². The number of nitrogens with one attached hydrogen (secondary N) is 1. The number of para-hydroxylation sites is 2. The Balaban J connectivity index is 1.69. The highest BCUT2D eigenvalue weighted by Gasteiger charge is 2.10. The van der Waals surface area contributed by atoms with Crippen molar-refractivity contribution in [1.82, 2.24) is 18.9 Å². The van der Waals surface area contributed by atoms with Gasteiger partial charge >= 0.3 is 0 Å². The number of nitrogens with zero attached hydrogens (tertiary/aromatic N) is 4. The number of hydrogen-bond acceptors (Lipinski definition) is 5. The highest BCUT2D eigenvalue weighted by molar-refractivity contribution is 7.15. The molecule has 4 aromatic rings. The maximum Gasteiger partial charge on any atom is 0.293 e. The van der Waals surface area contributed by atoms with Gasteiger partial charge in [-0.1, -0.05) is 12.1 Å². The quantitative estimate of drug-likeness (QED) is 0.626. The fourth-order valence-corrected chi connectivity index (χ4v) is 3.38. The van der Waals surface area contributed by atoms with Crippen LogP contribution in [0.4, 0.5) is 5.82 Å². The average Bonchev–Trinajstić information content (AvgIpc) is 3.14. The maximum atomic E-state index is 12.6. The van der Waals surface area contributed by atoms with Crippen LogP contribution in [-0.2, 0) is 13.1 Å². The van der Waals surface area contributed by atoms with E-state index in [0.717, 1.165) is 21.7 Å². The van der Waals surface area contributed by atoms with Crippen molar-refractivity contribution in [1.29, 1.82) is 0 Å². The Morgan fingerprint density at radius 3 is 2.96 bits per heavy atom. The number of anilines is 1. The summed E-state index contributed by atoms with van der Waals surface area (Å²) >= 11 is 1.58. The van der Waals surface area contributed by atoms with E-state index in [1.807, 2.05) is 53.4 Å². The second-order valence-electron chi connectivity index (χ2n) is 5.18. The van der Waals surface area contributed by atoms with Crippen LogP contribution in [0.1, 0.15) is 12.6 Å². The van der Waals surface area contributed by atoms with Crippen molar-refractivity contribution < 1.29 is 0 Å². The highest BCUT2D eigenvalue weighted by Crippen LogP contribution is 2.14. The number of aromatic nitrogens is 4. The first-order valence-corrected chi connectivity index (χ1v) is 8.29. The molecule has 0 bridgehead atoms. The lowest BCUT2D eigenvalue weighted by atomic mass is 10.3. The first-order chi connectivity index (χ1) is 11.3. The van der Waals surface area contributed by atoms with E-state index in [0.29, 0.717) is 18.9 Å². The first kappa shape index (κ1) is 14.0. The lowest BCUT2D eigenvalue weighted by Crippen LogP contribution is -2.24. The van der Waals surface area contributed by atoms with Gasteiger partial charge in [-0.2, -0.15) is 0 Å². The van der Waals surface area contributed by atoms with Gasteiger partial charge in [0.1, 0.15) is 0 Å². The summed E-state index contributed by atoms with van der Waals surface area (Å²) in [6.45, 7) is 3.04. The van der Waals surface area contributed by atoms with E-state index in [1.54, 1.807) is 15.9 Å². The number of thiazole rings is 1. The molecular formula is C16H15N5OS. The molecule has 23 heavy (non-hydrogen) atoms. The molecule has 0 radical (unpaired) electrons. The number of fused-ring (bicyclic) bond motifs is 2. The normalized spacial score (nSPS) is 11.3. The zero-order valence-electron chi connectivity index (χ0n) is 12.6. The second kappa shape index (κ2) is 5.51. The van der Waals surface area contributed by atoms with E-state index < -0.39 is 0 Å². The molecule has 0 saturated heterocycles. The standard InChI is InChI=1S/C16H15N5OS/c1-2-21-13-6-4-3-5-12(13)19-14(15(21)22)17-9-11-10-20-7-8-23-16(20)18-11/h3-8,10H,2,9H2,1H3,(H,17,19). The summed E-state index contributed by atoms with van der Waals surface area (Å²) in [4.78, 5) is 22.5. The van der Waals surface area contributed by atoms with Gasteiger partial charge in [0, 0.05) is 24.3 Å². The van der Waals surface area contributed by atoms with E-state index in [4.69, 9.17) is 0 Å². The molecule has 0 aliphatic rings. The molecule has 7 heteroatoms. The van der Waals surface area contributed by atoms with Crippen LogP contribution in [0.3, 0.4) is 0 Å². The van der Waals surface area contributed by atoms with Gasteiger partial charge in [-0.25, -0.2) is 9.97 Å². The SMILES string of the molecule is CCn1c(=O)c(NCc2cn3ccsc3n2)nc2ccccc21. The molecule has 0 aliphatic heterocycles. The Morgan fingerprint density at radius 2 is 2.13 bits per heavy atom. The van der Waals surface area contributed by atoms with Crippen molar-refractivity contribution >= 4 is 33.1 Å². The second-order valence-corrected chi connectivity index (χ2v) is 6.05. The van der Waals surface area contributed by atoms with Gasteiger partial charge in [0.25, 0.3) is 5.56 Å². The maximum absolute atomic E-state index is 12.6. The van der Waals surface area contributed by atoms with E-state index in [2.05, 4.69) is 15.3 Å². The molecule has 0 unspecified atom stereocenters. The molecule has 3 heterocycles. The number of rotatable bonds is 4. The predicted molar refractivity (Wildman–Crippen MR) is 92.1 cm³/mol. The summed E-state index contributed by atoms with van der Waals surface area (Å²) in [5.41, 5.74) is 2.44. The molecule has 0 fully saturated rings. The third kappa shape index (κ3) is 2.39. The largest absolute Gasteiger partial charge is 0.360 e. The molecule has 0 spiro atoms. The van der Waals surface area contributed by atoms with Crippen molar-refractivity contribution in [2.45, 2.75) is 20.0 Å². The zero-order chi connectivity index (χ0) is 15.8. The Hall–Kier alpha value is -2.67. The molecule has 4 rings (SSSR count). The highest BCUT2D eigenvalue weighted by atomic mass is 32.1. The molecule has 1 aromatic carbocycles. The van der Waals surface area contributed by atoms with Crippen LogP contribution in [-0.4, -0.2) is 18.9 Å². The molecule has 1 N–H and O–H groups in total. The van der Waals surface area contributed by atoms with Crippen LogP contribution in [0.2, 0.25) is 0 Å².